The lowest BCUT2D eigenvalue weighted by Gasteiger charge is -2.10. The summed E-state index contributed by atoms with van der Waals surface area (Å²) in [5, 5.41) is 11.3. The zero-order chi connectivity index (χ0) is 11.3. The van der Waals surface area contributed by atoms with Crippen molar-refractivity contribution < 1.29 is 4.79 Å². The summed E-state index contributed by atoms with van der Waals surface area (Å²) in [6.45, 7) is 4.03. The summed E-state index contributed by atoms with van der Waals surface area (Å²) in [7, 11) is 1.86. The maximum Gasteiger partial charge on any atom is 0.230 e. The smallest absolute Gasteiger partial charge is 0.230 e. The van der Waals surface area contributed by atoms with Crippen molar-refractivity contribution in [3.05, 3.63) is 6.33 Å². The molecule has 0 aliphatic heterocycles. The number of carbonyl (C=O) groups is 1. The quantitative estimate of drug-likeness (QED) is 0.758. The zero-order valence-electron chi connectivity index (χ0n) is 9.23. The number of nitrogens with one attached hydrogen (secondary N) is 1. The molecular weight excluding hydrogens is 212 g/mol. The van der Waals surface area contributed by atoms with Crippen molar-refractivity contribution in [3.8, 4) is 0 Å². The average Bonchev–Trinajstić information content (AvgIpc) is 2.61. The van der Waals surface area contributed by atoms with E-state index in [0.717, 1.165) is 11.6 Å². The number of amides is 1. The lowest BCUT2D eigenvalue weighted by atomic mass is 10.3. The molecule has 0 saturated heterocycles. The van der Waals surface area contributed by atoms with Crippen molar-refractivity contribution >= 4 is 17.7 Å². The van der Waals surface area contributed by atoms with Gasteiger partial charge in [0.05, 0.1) is 5.75 Å². The largest absolute Gasteiger partial charge is 0.353 e. The standard InChI is InChI=1S/C9H16N4OS/c1-4-7(2)11-8(14)5-15-9-12-10-6-13(9)3/h6-7H,4-5H2,1-3H3,(H,11,14). The Bertz CT molecular complexity index is 326. The molecule has 0 aliphatic carbocycles. The molecule has 0 spiro atoms. The molecule has 1 rings (SSSR count). The van der Waals surface area contributed by atoms with Crippen molar-refractivity contribution in [3.63, 3.8) is 0 Å². The molecule has 15 heavy (non-hydrogen) atoms. The zero-order valence-corrected chi connectivity index (χ0v) is 10.0. The monoisotopic (exact) mass is 228 g/mol. The Hall–Kier alpha value is -1.04. The summed E-state index contributed by atoms with van der Waals surface area (Å²) in [5.74, 6) is 0.425. The van der Waals surface area contributed by atoms with Gasteiger partial charge in [-0.2, -0.15) is 0 Å². The van der Waals surface area contributed by atoms with Crippen LogP contribution < -0.4 is 5.32 Å². The molecule has 0 aromatic carbocycles. The molecule has 1 atom stereocenters. The van der Waals surface area contributed by atoms with Gasteiger partial charge in [0.2, 0.25) is 5.91 Å². The third-order valence-corrected chi connectivity index (χ3v) is 3.06. The Kier molecular flexibility index (Phi) is 4.61. The fourth-order valence-corrected chi connectivity index (χ4v) is 1.65. The third kappa shape index (κ3) is 3.91. The van der Waals surface area contributed by atoms with E-state index in [1.807, 2.05) is 20.9 Å². The topological polar surface area (TPSA) is 59.8 Å². The van der Waals surface area contributed by atoms with Gasteiger partial charge in [-0.1, -0.05) is 18.7 Å². The van der Waals surface area contributed by atoms with E-state index in [2.05, 4.69) is 15.5 Å². The summed E-state index contributed by atoms with van der Waals surface area (Å²) in [6.07, 6.45) is 2.56. The second kappa shape index (κ2) is 5.75. The van der Waals surface area contributed by atoms with Gasteiger partial charge in [0, 0.05) is 13.1 Å². The Morgan fingerprint density at radius 1 is 1.73 bits per heavy atom. The first-order valence-corrected chi connectivity index (χ1v) is 5.88. The van der Waals surface area contributed by atoms with Gasteiger partial charge in [-0.15, -0.1) is 10.2 Å². The molecule has 1 N–H and O–H groups in total. The molecular formula is C9H16N4OS. The molecule has 1 unspecified atom stereocenters. The number of rotatable bonds is 5. The molecule has 0 bridgehead atoms. The average molecular weight is 228 g/mol. The Morgan fingerprint density at radius 2 is 2.47 bits per heavy atom. The van der Waals surface area contributed by atoms with Crippen molar-refractivity contribution in [2.45, 2.75) is 31.5 Å². The van der Waals surface area contributed by atoms with Crippen LogP contribution in [0, 0.1) is 0 Å². The molecule has 0 radical (unpaired) electrons. The van der Waals surface area contributed by atoms with Crippen LogP contribution in [0.1, 0.15) is 20.3 Å². The predicted octanol–water partition coefficient (Wildman–Crippen LogP) is 0.822. The lowest BCUT2D eigenvalue weighted by Crippen LogP contribution is -2.33. The van der Waals surface area contributed by atoms with Gasteiger partial charge < -0.3 is 9.88 Å². The molecule has 0 aliphatic rings. The first-order chi connectivity index (χ1) is 7.13. The highest BCUT2D eigenvalue weighted by atomic mass is 32.2. The van der Waals surface area contributed by atoms with E-state index >= 15 is 0 Å². The van der Waals surface area contributed by atoms with Crippen LogP contribution in [0.15, 0.2) is 11.5 Å². The van der Waals surface area contributed by atoms with E-state index in [4.69, 9.17) is 0 Å². The van der Waals surface area contributed by atoms with Gasteiger partial charge in [-0.25, -0.2) is 0 Å². The lowest BCUT2D eigenvalue weighted by molar-refractivity contribution is -0.119. The number of thioether (sulfide) groups is 1. The van der Waals surface area contributed by atoms with E-state index in [0.29, 0.717) is 5.75 Å². The van der Waals surface area contributed by atoms with Crippen molar-refractivity contribution in [1.82, 2.24) is 20.1 Å². The van der Waals surface area contributed by atoms with Crippen LogP contribution >= 0.6 is 11.8 Å². The van der Waals surface area contributed by atoms with E-state index in [-0.39, 0.29) is 11.9 Å². The van der Waals surface area contributed by atoms with E-state index < -0.39 is 0 Å². The van der Waals surface area contributed by atoms with Gasteiger partial charge in [-0.05, 0) is 13.3 Å². The van der Waals surface area contributed by atoms with Gasteiger partial charge >= 0.3 is 0 Å². The Labute approximate surface area is 93.6 Å². The highest BCUT2D eigenvalue weighted by molar-refractivity contribution is 7.99. The summed E-state index contributed by atoms with van der Waals surface area (Å²) in [6, 6.07) is 0.234. The number of aryl methyl sites for hydroxylation is 1. The summed E-state index contributed by atoms with van der Waals surface area (Å²) >= 11 is 1.39. The second-order valence-corrected chi connectivity index (χ2v) is 4.33. The van der Waals surface area contributed by atoms with Gasteiger partial charge in [0.15, 0.2) is 5.16 Å². The first-order valence-electron chi connectivity index (χ1n) is 4.89. The molecule has 1 aromatic rings. The minimum atomic E-state index is 0.0392. The maximum atomic E-state index is 11.4. The molecule has 0 saturated carbocycles. The van der Waals surface area contributed by atoms with Crippen molar-refractivity contribution in [1.29, 1.82) is 0 Å². The SMILES string of the molecule is CCC(C)NC(=O)CSc1nncn1C. The highest BCUT2D eigenvalue weighted by Crippen LogP contribution is 2.12. The van der Waals surface area contributed by atoms with Gasteiger partial charge in [0.1, 0.15) is 6.33 Å². The van der Waals surface area contributed by atoms with Gasteiger partial charge in [-0.3, -0.25) is 4.79 Å². The molecule has 84 valence electrons. The fraction of sp³-hybridized carbons (Fsp3) is 0.667. The van der Waals surface area contributed by atoms with E-state index in [9.17, 15) is 4.79 Å². The van der Waals surface area contributed by atoms with Crippen LogP contribution in [0.3, 0.4) is 0 Å². The summed E-state index contributed by atoms with van der Waals surface area (Å²) in [5.41, 5.74) is 0. The molecule has 1 aromatic heterocycles. The van der Waals surface area contributed by atoms with Crippen molar-refractivity contribution in [2.24, 2.45) is 7.05 Å². The number of carbonyl (C=O) groups excluding carboxylic acids is 1. The van der Waals surface area contributed by atoms with Crippen LogP contribution in [0.25, 0.3) is 0 Å². The van der Waals surface area contributed by atoms with Crippen LogP contribution in [0.4, 0.5) is 0 Å². The third-order valence-electron chi connectivity index (χ3n) is 2.02. The van der Waals surface area contributed by atoms with Crippen molar-refractivity contribution in [2.75, 3.05) is 5.75 Å². The fourth-order valence-electron chi connectivity index (χ4n) is 0.952. The number of hydrogen-bond acceptors (Lipinski definition) is 4. The minimum absolute atomic E-state index is 0.0392. The predicted molar refractivity (Wildman–Crippen MR) is 59.6 cm³/mol. The molecule has 5 nitrogen and oxygen atoms in total. The second-order valence-electron chi connectivity index (χ2n) is 3.39. The number of hydrogen-bond donors (Lipinski definition) is 1. The number of aromatic nitrogens is 3. The van der Waals surface area contributed by atoms with Crippen LogP contribution in [-0.2, 0) is 11.8 Å². The molecule has 6 heteroatoms. The summed E-state index contributed by atoms with van der Waals surface area (Å²) in [4.78, 5) is 11.4. The molecule has 1 amide bonds. The first kappa shape index (κ1) is 12.0. The van der Waals surface area contributed by atoms with Gasteiger partial charge in [0.25, 0.3) is 0 Å². The number of nitrogens with zero attached hydrogens (tertiary/aromatic N) is 3. The molecule has 1 heterocycles. The Morgan fingerprint density at radius 3 is 3.00 bits per heavy atom. The Balaban J connectivity index is 2.31. The maximum absolute atomic E-state index is 11.4. The minimum Gasteiger partial charge on any atom is -0.353 e. The highest BCUT2D eigenvalue weighted by Gasteiger charge is 2.08. The van der Waals surface area contributed by atoms with E-state index in [1.54, 1.807) is 10.9 Å². The normalized spacial score (nSPS) is 12.5. The van der Waals surface area contributed by atoms with Crippen LogP contribution in [0.2, 0.25) is 0 Å². The van der Waals surface area contributed by atoms with E-state index in [1.165, 1.54) is 11.8 Å². The van der Waals surface area contributed by atoms with Crippen LogP contribution in [-0.4, -0.2) is 32.5 Å². The molecule has 0 fully saturated rings. The summed E-state index contributed by atoms with van der Waals surface area (Å²) < 4.78 is 1.79. The van der Waals surface area contributed by atoms with Crippen LogP contribution in [0.5, 0.6) is 0 Å².